The van der Waals surface area contributed by atoms with Crippen LogP contribution in [0.1, 0.15) is 31.1 Å². The third-order valence-corrected chi connectivity index (χ3v) is 5.76. The Morgan fingerprint density at radius 1 is 1.40 bits per heavy atom. The second-order valence-corrected chi connectivity index (χ2v) is 6.88. The maximum Gasteiger partial charge on any atom is 0.329 e. The Hall–Kier alpha value is -2.11. The van der Waals surface area contributed by atoms with Gasteiger partial charge in [0.2, 0.25) is 0 Å². The number of nitrogens with zero attached hydrogens (tertiary/aromatic N) is 2. The number of aromatic nitrogens is 1. The van der Waals surface area contributed by atoms with Gasteiger partial charge in [0.1, 0.15) is 6.04 Å². The highest BCUT2D eigenvalue weighted by Crippen LogP contribution is 2.49. The molecule has 3 atom stereocenters. The number of aliphatic hydroxyl groups is 1. The zero-order chi connectivity index (χ0) is 17.6. The predicted octanol–water partition coefficient (Wildman–Crippen LogP) is 2.67. The van der Waals surface area contributed by atoms with Crippen molar-refractivity contribution >= 4 is 16.9 Å². The number of piperidine rings is 1. The smallest absolute Gasteiger partial charge is 0.329 e. The summed E-state index contributed by atoms with van der Waals surface area (Å²) in [7, 11) is 1.47. The molecule has 1 aromatic carbocycles. The first-order valence-electron chi connectivity index (χ1n) is 8.87. The molecule has 2 bridgehead atoms. The van der Waals surface area contributed by atoms with Crippen molar-refractivity contribution in [1.82, 2.24) is 9.47 Å². The second-order valence-electron chi connectivity index (χ2n) is 6.88. The van der Waals surface area contributed by atoms with Crippen LogP contribution in [-0.2, 0) is 9.53 Å². The van der Waals surface area contributed by atoms with E-state index >= 15 is 0 Å². The Morgan fingerprint density at radius 2 is 2.20 bits per heavy atom. The third-order valence-electron chi connectivity index (χ3n) is 5.76. The summed E-state index contributed by atoms with van der Waals surface area (Å²) in [6.07, 6.45) is 3.01. The number of esters is 1. The third kappa shape index (κ3) is 2.41. The summed E-state index contributed by atoms with van der Waals surface area (Å²) in [6, 6.07) is 10.3. The quantitative estimate of drug-likeness (QED) is 0.689. The number of aliphatic hydroxyl groups excluding tert-OH is 1. The Morgan fingerprint density at radius 3 is 2.92 bits per heavy atom. The normalized spacial score (nSPS) is 27.5. The Bertz CT molecular complexity index is 839. The van der Waals surface area contributed by atoms with Gasteiger partial charge in [0.15, 0.2) is 0 Å². The van der Waals surface area contributed by atoms with Crippen LogP contribution in [0.2, 0.25) is 0 Å². The molecule has 3 heterocycles. The lowest BCUT2D eigenvalue weighted by Crippen LogP contribution is -2.48. The number of hydrogen-bond acceptors (Lipinski definition) is 4. The maximum atomic E-state index is 12.7. The molecule has 0 spiro atoms. The number of fused-ring (bicyclic) bond motifs is 6. The van der Waals surface area contributed by atoms with Gasteiger partial charge in [-0.15, -0.1) is 0 Å². The monoisotopic (exact) mass is 340 g/mol. The minimum Gasteiger partial charge on any atom is -0.467 e. The van der Waals surface area contributed by atoms with Crippen LogP contribution in [0.5, 0.6) is 0 Å². The number of ether oxygens (including phenoxy) is 1. The van der Waals surface area contributed by atoms with E-state index in [1.807, 2.05) is 19.1 Å². The highest BCUT2D eigenvalue weighted by Gasteiger charge is 2.46. The molecule has 5 nitrogen and oxygen atoms in total. The standard InChI is InChI=1S/C20H24N2O3/c1-3-13-12-21(8-9-23)17-11-15(13)19(20(24)25-2)22-16-7-5-4-6-14(16)10-18(17)22/h3-7,10,15,17,19,23H,8-9,11-12H2,1-2H3/b13-3-/t15-,17-,19+/m0/s1. The Labute approximate surface area is 147 Å². The van der Waals surface area contributed by atoms with Crippen molar-refractivity contribution in [2.45, 2.75) is 25.4 Å². The van der Waals surface area contributed by atoms with Crippen molar-refractivity contribution < 1.29 is 14.6 Å². The summed E-state index contributed by atoms with van der Waals surface area (Å²) in [5, 5.41) is 10.6. The lowest BCUT2D eigenvalue weighted by Gasteiger charge is -2.48. The van der Waals surface area contributed by atoms with Gasteiger partial charge in [-0.3, -0.25) is 4.90 Å². The highest BCUT2D eigenvalue weighted by atomic mass is 16.5. The van der Waals surface area contributed by atoms with Crippen LogP contribution in [0.3, 0.4) is 0 Å². The molecule has 1 saturated heterocycles. The fourth-order valence-electron chi connectivity index (χ4n) is 4.65. The van der Waals surface area contributed by atoms with Crippen LogP contribution >= 0.6 is 0 Å². The number of β-amino-alcohol motifs (C(OH)–C–C–N with tert-alkyl or cyclic N) is 1. The largest absolute Gasteiger partial charge is 0.467 e. The molecule has 1 N–H and O–H groups in total. The van der Waals surface area contributed by atoms with Gasteiger partial charge in [0.05, 0.1) is 19.8 Å². The maximum absolute atomic E-state index is 12.7. The van der Waals surface area contributed by atoms with Crippen LogP contribution < -0.4 is 0 Å². The number of hydrogen-bond donors (Lipinski definition) is 1. The van der Waals surface area contributed by atoms with E-state index in [1.165, 1.54) is 12.7 Å². The van der Waals surface area contributed by atoms with Gasteiger partial charge >= 0.3 is 5.97 Å². The number of allylic oxidation sites excluding steroid dienone is 1. The zero-order valence-corrected chi connectivity index (χ0v) is 14.7. The van der Waals surface area contributed by atoms with Crippen LogP contribution in [0, 0.1) is 5.92 Å². The van der Waals surface area contributed by atoms with E-state index in [-0.39, 0.29) is 30.6 Å². The average molecular weight is 340 g/mol. The molecule has 1 fully saturated rings. The molecule has 2 aromatic rings. The Kier molecular flexibility index (Phi) is 4.13. The van der Waals surface area contributed by atoms with Gasteiger partial charge in [-0.25, -0.2) is 4.79 Å². The van der Waals surface area contributed by atoms with Gasteiger partial charge < -0.3 is 14.4 Å². The first-order valence-corrected chi connectivity index (χ1v) is 8.87. The summed E-state index contributed by atoms with van der Waals surface area (Å²) in [5.74, 6) is -0.0401. The number of para-hydroxylation sites is 1. The molecule has 25 heavy (non-hydrogen) atoms. The minimum atomic E-state index is -0.321. The molecule has 0 aliphatic carbocycles. The van der Waals surface area contributed by atoms with Gasteiger partial charge in [-0.2, -0.15) is 0 Å². The number of likely N-dealkylation sites (tertiary alicyclic amines) is 1. The van der Waals surface area contributed by atoms with Gasteiger partial charge in [0.25, 0.3) is 0 Å². The molecule has 0 radical (unpaired) electrons. The van der Waals surface area contributed by atoms with Gasteiger partial charge in [-0.05, 0) is 30.9 Å². The number of methoxy groups -OCH3 is 1. The fourth-order valence-corrected chi connectivity index (χ4v) is 4.65. The highest BCUT2D eigenvalue weighted by molar-refractivity contribution is 5.85. The summed E-state index contributed by atoms with van der Waals surface area (Å²) < 4.78 is 7.36. The average Bonchev–Trinajstić information content (AvgIpc) is 3.03. The molecule has 5 heteroatoms. The summed E-state index contributed by atoms with van der Waals surface area (Å²) >= 11 is 0. The molecule has 4 rings (SSSR count). The number of rotatable bonds is 3. The summed E-state index contributed by atoms with van der Waals surface area (Å²) in [6.45, 7) is 3.60. The topological polar surface area (TPSA) is 54.7 Å². The van der Waals surface area contributed by atoms with Crippen molar-refractivity contribution in [3.05, 3.63) is 47.7 Å². The predicted molar refractivity (Wildman–Crippen MR) is 96.3 cm³/mol. The van der Waals surface area contributed by atoms with Crippen LogP contribution in [-0.4, -0.2) is 47.3 Å². The van der Waals surface area contributed by atoms with E-state index in [9.17, 15) is 9.90 Å². The number of carbonyl (C=O) groups excluding carboxylic acids is 1. The second kappa shape index (κ2) is 6.32. The zero-order valence-electron chi connectivity index (χ0n) is 14.7. The molecular weight excluding hydrogens is 316 g/mol. The van der Waals surface area contributed by atoms with Crippen LogP contribution in [0.25, 0.3) is 10.9 Å². The van der Waals surface area contributed by atoms with Crippen LogP contribution in [0.4, 0.5) is 0 Å². The van der Waals surface area contributed by atoms with E-state index in [0.29, 0.717) is 6.54 Å². The molecule has 2 aliphatic rings. The summed E-state index contributed by atoms with van der Waals surface area (Å²) in [4.78, 5) is 15.0. The first kappa shape index (κ1) is 16.4. The van der Waals surface area contributed by atoms with E-state index < -0.39 is 0 Å². The van der Waals surface area contributed by atoms with Crippen molar-refractivity contribution in [1.29, 1.82) is 0 Å². The lowest BCUT2D eigenvalue weighted by atomic mass is 9.77. The molecule has 132 valence electrons. The summed E-state index contributed by atoms with van der Waals surface area (Å²) in [5.41, 5.74) is 3.48. The molecule has 2 aliphatic heterocycles. The van der Waals surface area contributed by atoms with Crippen molar-refractivity contribution in [3.8, 4) is 0 Å². The van der Waals surface area contributed by atoms with Crippen molar-refractivity contribution in [2.75, 3.05) is 26.8 Å². The van der Waals surface area contributed by atoms with E-state index in [0.717, 1.165) is 29.6 Å². The van der Waals surface area contributed by atoms with E-state index in [2.05, 4.69) is 33.7 Å². The fraction of sp³-hybridized carbons (Fsp3) is 0.450. The van der Waals surface area contributed by atoms with Crippen molar-refractivity contribution in [2.24, 2.45) is 5.92 Å². The molecular formula is C20H24N2O3. The molecule has 0 unspecified atom stereocenters. The van der Waals surface area contributed by atoms with Gasteiger partial charge in [0, 0.05) is 30.2 Å². The molecule has 0 amide bonds. The van der Waals surface area contributed by atoms with Gasteiger partial charge in [-0.1, -0.05) is 29.8 Å². The minimum absolute atomic E-state index is 0.138. The molecule has 0 saturated carbocycles. The SMILES string of the molecule is C/C=C1/CN(CCO)[C@H]2C[C@@H]1[C@H](C(=O)OC)n1c2cc2ccccc21. The van der Waals surface area contributed by atoms with Crippen LogP contribution in [0.15, 0.2) is 42.0 Å². The lowest BCUT2D eigenvalue weighted by molar-refractivity contribution is -0.147. The van der Waals surface area contributed by atoms with Crippen molar-refractivity contribution in [3.63, 3.8) is 0 Å². The van der Waals surface area contributed by atoms with E-state index in [1.54, 1.807) is 0 Å². The van der Waals surface area contributed by atoms with E-state index in [4.69, 9.17) is 4.74 Å². The number of benzene rings is 1. The Balaban J connectivity index is 1.95. The number of carbonyl (C=O) groups is 1. The molecule has 1 aromatic heterocycles. The first-order chi connectivity index (χ1) is 12.2.